The molecule has 0 amide bonds. The number of ether oxygens (including phenoxy) is 5. The number of hydrogen-bond acceptors (Lipinski definition) is 7. The molecule has 0 saturated carbocycles. The minimum atomic E-state index is -4.27. The highest BCUT2D eigenvalue weighted by Crippen LogP contribution is 2.27. The average Bonchev–Trinajstić information content (AvgIpc) is 2.43. The Morgan fingerprint density at radius 1 is 0.913 bits per heavy atom. The van der Waals surface area contributed by atoms with E-state index in [0.29, 0.717) is 6.61 Å². The predicted octanol–water partition coefficient (Wildman–Crippen LogP) is 0.586. The van der Waals surface area contributed by atoms with Crippen LogP contribution in [0.4, 0.5) is 17.6 Å². The van der Waals surface area contributed by atoms with Gasteiger partial charge in [-0.1, -0.05) is 0 Å². The van der Waals surface area contributed by atoms with Gasteiger partial charge in [-0.2, -0.15) is 17.6 Å². The molecule has 0 aliphatic heterocycles. The van der Waals surface area contributed by atoms with Crippen molar-refractivity contribution in [3.05, 3.63) is 0 Å². The molecule has 0 aromatic rings. The maximum absolute atomic E-state index is 13.2. The summed E-state index contributed by atoms with van der Waals surface area (Å²) in [5.74, 6) is 0. The van der Waals surface area contributed by atoms with Gasteiger partial charge in [0.1, 0.15) is 26.1 Å². The SMILES string of the molecule is CCOCC(O)COCC(F)(F)OC(F)(F)COCOCCO. The zero-order valence-corrected chi connectivity index (χ0v) is 12.7. The first-order valence-electron chi connectivity index (χ1n) is 6.78. The van der Waals surface area contributed by atoms with Crippen LogP contribution >= 0.6 is 0 Å². The van der Waals surface area contributed by atoms with E-state index in [0.717, 1.165) is 0 Å². The van der Waals surface area contributed by atoms with Gasteiger partial charge in [0, 0.05) is 6.61 Å². The molecule has 0 heterocycles. The van der Waals surface area contributed by atoms with E-state index in [2.05, 4.69) is 18.9 Å². The minimum absolute atomic E-state index is 0.124. The normalized spacial score (nSPS) is 14.2. The van der Waals surface area contributed by atoms with Crippen molar-refractivity contribution in [2.45, 2.75) is 25.2 Å². The van der Waals surface area contributed by atoms with Crippen LogP contribution in [-0.4, -0.2) is 81.6 Å². The van der Waals surface area contributed by atoms with Gasteiger partial charge in [0.05, 0.1) is 26.4 Å². The maximum Gasteiger partial charge on any atom is 0.383 e. The molecule has 0 bridgehead atoms. The first kappa shape index (κ1) is 22.4. The van der Waals surface area contributed by atoms with Crippen molar-refractivity contribution in [3.8, 4) is 0 Å². The zero-order chi connectivity index (χ0) is 17.8. The second kappa shape index (κ2) is 11.9. The first-order chi connectivity index (χ1) is 10.7. The summed E-state index contributed by atoms with van der Waals surface area (Å²) in [7, 11) is 0. The van der Waals surface area contributed by atoms with Crippen LogP contribution < -0.4 is 0 Å². The molecule has 0 aliphatic rings. The number of halogens is 4. The summed E-state index contributed by atoms with van der Waals surface area (Å²) < 4.78 is 74.1. The first-order valence-corrected chi connectivity index (χ1v) is 6.78. The summed E-state index contributed by atoms with van der Waals surface area (Å²) in [6.45, 7) is -2.64. The third kappa shape index (κ3) is 13.6. The molecule has 0 radical (unpaired) electrons. The molecule has 0 rings (SSSR count). The number of alkyl halides is 4. The lowest BCUT2D eigenvalue weighted by Gasteiger charge is -2.23. The Hall–Kier alpha value is -0.560. The van der Waals surface area contributed by atoms with Crippen molar-refractivity contribution in [2.75, 3.05) is 53.0 Å². The van der Waals surface area contributed by atoms with Gasteiger partial charge in [0.15, 0.2) is 0 Å². The van der Waals surface area contributed by atoms with E-state index in [1.807, 2.05) is 0 Å². The fraction of sp³-hybridized carbons (Fsp3) is 1.00. The molecule has 0 fully saturated rings. The summed E-state index contributed by atoms with van der Waals surface area (Å²) in [6.07, 6.45) is -9.69. The van der Waals surface area contributed by atoms with Crippen LogP contribution in [0.3, 0.4) is 0 Å². The van der Waals surface area contributed by atoms with Gasteiger partial charge in [0.2, 0.25) is 0 Å². The molecule has 23 heavy (non-hydrogen) atoms. The number of hydrogen-bond donors (Lipinski definition) is 2. The molecule has 2 N–H and O–H groups in total. The number of aliphatic hydroxyl groups is 2. The van der Waals surface area contributed by atoms with E-state index < -0.39 is 44.9 Å². The van der Waals surface area contributed by atoms with Crippen molar-refractivity contribution in [1.82, 2.24) is 0 Å². The van der Waals surface area contributed by atoms with Crippen LogP contribution in [0.1, 0.15) is 6.92 Å². The van der Waals surface area contributed by atoms with Gasteiger partial charge < -0.3 is 29.2 Å². The Kier molecular flexibility index (Phi) is 11.6. The van der Waals surface area contributed by atoms with Crippen LogP contribution in [0.15, 0.2) is 0 Å². The molecule has 0 aliphatic carbocycles. The van der Waals surface area contributed by atoms with E-state index in [1.54, 1.807) is 6.92 Å². The van der Waals surface area contributed by atoms with Gasteiger partial charge in [-0.25, -0.2) is 0 Å². The summed E-state index contributed by atoms with van der Waals surface area (Å²) >= 11 is 0. The molecule has 1 unspecified atom stereocenters. The number of rotatable bonds is 15. The highest BCUT2D eigenvalue weighted by Gasteiger charge is 2.44. The van der Waals surface area contributed by atoms with E-state index in [-0.39, 0.29) is 19.8 Å². The standard InChI is InChI=1S/C12H22F4O7/c1-2-19-5-10(18)6-21-7-11(13,14)23-12(15,16)8-22-9-20-4-3-17/h10,17-18H,2-9H2,1H3. The Balaban J connectivity index is 3.97. The van der Waals surface area contributed by atoms with Gasteiger partial charge in [-0.05, 0) is 6.92 Å². The molecule has 0 aromatic heterocycles. The smallest absolute Gasteiger partial charge is 0.383 e. The fourth-order valence-corrected chi connectivity index (χ4v) is 1.24. The summed E-state index contributed by atoms with van der Waals surface area (Å²) in [5, 5.41) is 17.6. The van der Waals surface area contributed by atoms with E-state index in [4.69, 9.17) is 9.84 Å². The Morgan fingerprint density at radius 3 is 2.04 bits per heavy atom. The highest BCUT2D eigenvalue weighted by atomic mass is 19.3. The Morgan fingerprint density at radius 2 is 1.48 bits per heavy atom. The van der Waals surface area contributed by atoms with Crippen LogP contribution in [-0.2, 0) is 23.7 Å². The molecule has 140 valence electrons. The molecule has 0 saturated heterocycles. The van der Waals surface area contributed by atoms with E-state index >= 15 is 0 Å². The van der Waals surface area contributed by atoms with Crippen molar-refractivity contribution in [3.63, 3.8) is 0 Å². The predicted molar refractivity (Wildman–Crippen MR) is 68.2 cm³/mol. The number of aliphatic hydroxyl groups excluding tert-OH is 2. The van der Waals surface area contributed by atoms with Crippen molar-refractivity contribution in [1.29, 1.82) is 0 Å². The molecular formula is C12H22F4O7. The summed E-state index contributed by atoms with van der Waals surface area (Å²) in [6, 6.07) is 0. The maximum atomic E-state index is 13.2. The molecular weight excluding hydrogens is 332 g/mol. The van der Waals surface area contributed by atoms with Gasteiger partial charge in [0.25, 0.3) is 0 Å². The minimum Gasteiger partial charge on any atom is -0.394 e. The van der Waals surface area contributed by atoms with E-state index in [9.17, 15) is 22.7 Å². The Labute approximate surface area is 131 Å². The zero-order valence-electron chi connectivity index (χ0n) is 12.7. The monoisotopic (exact) mass is 354 g/mol. The fourth-order valence-electron chi connectivity index (χ4n) is 1.24. The van der Waals surface area contributed by atoms with Crippen molar-refractivity contribution < 1.29 is 51.5 Å². The lowest BCUT2D eigenvalue weighted by molar-refractivity contribution is -0.396. The topological polar surface area (TPSA) is 86.6 Å². The molecule has 7 nitrogen and oxygen atoms in total. The largest absolute Gasteiger partial charge is 0.394 e. The second-order valence-corrected chi connectivity index (χ2v) is 4.30. The third-order valence-electron chi connectivity index (χ3n) is 2.07. The summed E-state index contributed by atoms with van der Waals surface area (Å²) in [5.41, 5.74) is 0. The second-order valence-electron chi connectivity index (χ2n) is 4.30. The summed E-state index contributed by atoms with van der Waals surface area (Å²) in [4.78, 5) is 0. The van der Waals surface area contributed by atoms with Crippen LogP contribution in [0.5, 0.6) is 0 Å². The van der Waals surface area contributed by atoms with Crippen molar-refractivity contribution >= 4 is 0 Å². The lowest BCUT2D eigenvalue weighted by Crippen LogP contribution is -2.40. The highest BCUT2D eigenvalue weighted by molar-refractivity contribution is 4.60. The molecule has 1 atom stereocenters. The van der Waals surface area contributed by atoms with Crippen molar-refractivity contribution in [2.24, 2.45) is 0 Å². The lowest BCUT2D eigenvalue weighted by atomic mass is 10.4. The van der Waals surface area contributed by atoms with Gasteiger partial charge >= 0.3 is 12.2 Å². The average molecular weight is 354 g/mol. The Bertz CT molecular complexity index is 295. The quantitative estimate of drug-likeness (QED) is 0.253. The van der Waals surface area contributed by atoms with Gasteiger partial charge in [-0.3, -0.25) is 4.74 Å². The van der Waals surface area contributed by atoms with E-state index in [1.165, 1.54) is 0 Å². The molecule has 0 spiro atoms. The third-order valence-corrected chi connectivity index (χ3v) is 2.07. The molecule has 11 heteroatoms. The van der Waals surface area contributed by atoms with Crippen LogP contribution in [0, 0.1) is 0 Å². The molecule has 0 aromatic carbocycles. The van der Waals surface area contributed by atoms with Gasteiger partial charge in [-0.15, -0.1) is 0 Å². The van der Waals surface area contributed by atoms with Crippen LogP contribution in [0.2, 0.25) is 0 Å². The van der Waals surface area contributed by atoms with Crippen LogP contribution in [0.25, 0.3) is 0 Å².